The first-order valence-corrected chi connectivity index (χ1v) is 9.33. The van der Waals surface area contributed by atoms with E-state index < -0.39 is 6.10 Å². The summed E-state index contributed by atoms with van der Waals surface area (Å²) >= 11 is 0. The normalized spacial score (nSPS) is 16.8. The van der Waals surface area contributed by atoms with Crippen molar-refractivity contribution in [3.63, 3.8) is 0 Å². The molecule has 0 unspecified atom stereocenters. The van der Waals surface area contributed by atoms with Gasteiger partial charge in [0.2, 0.25) is 0 Å². The summed E-state index contributed by atoms with van der Waals surface area (Å²) in [7, 11) is 0. The molecule has 2 rings (SSSR count). The van der Waals surface area contributed by atoms with Crippen LogP contribution in [-0.4, -0.2) is 43.1 Å². The molecule has 0 radical (unpaired) electrons. The highest BCUT2D eigenvalue weighted by Crippen LogP contribution is 2.26. The van der Waals surface area contributed by atoms with E-state index in [1.54, 1.807) is 0 Å². The third kappa shape index (κ3) is 5.82. The highest BCUT2D eigenvalue weighted by Gasteiger charge is 2.17. The molecular weight excluding hydrogens is 300 g/mol. The molecule has 134 valence electrons. The lowest BCUT2D eigenvalue weighted by atomic mass is 10.0. The zero-order chi connectivity index (χ0) is 17.4. The van der Waals surface area contributed by atoms with Crippen molar-refractivity contribution in [2.75, 3.05) is 26.2 Å². The van der Waals surface area contributed by atoms with Crippen LogP contribution in [0.15, 0.2) is 24.3 Å². The Hall–Kier alpha value is -1.55. The Labute approximate surface area is 146 Å². The number of hydrogen-bond acceptors (Lipinski definition) is 3. The van der Waals surface area contributed by atoms with Gasteiger partial charge < -0.3 is 15.0 Å². The minimum atomic E-state index is -0.472. The maximum atomic E-state index is 12.2. The molecule has 4 heteroatoms. The summed E-state index contributed by atoms with van der Waals surface area (Å²) < 4.78 is 5.89. The van der Waals surface area contributed by atoms with Crippen LogP contribution in [-0.2, 0) is 4.79 Å². The SMILES string of the molecule is CC(C)c1ccccc1O[C@@H](C)C(=O)NCCCN1CCCCC1. The Kier molecular flexibility index (Phi) is 7.57. The first-order chi connectivity index (χ1) is 11.6. The van der Waals surface area contributed by atoms with Crippen LogP contribution in [0.25, 0.3) is 0 Å². The molecule has 1 N–H and O–H groups in total. The third-order valence-electron chi connectivity index (χ3n) is 4.61. The van der Waals surface area contributed by atoms with E-state index in [-0.39, 0.29) is 5.91 Å². The first-order valence-electron chi connectivity index (χ1n) is 9.33. The van der Waals surface area contributed by atoms with E-state index in [0.717, 1.165) is 30.8 Å². The highest BCUT2D eigenvalue weighted by atomic mass is 16.5. The molecule has 1 heterocycles. The minimum absolute atomic E-state index is 0.0350. The average molecular weight is 332 g/mol. The van der Waals surface area contributed by atoms with Gasteiger partial charge in [0.05, 0.1) is 0 Å². The Morgan fingerprint density at radius 1 is 1.17 bits per heavy atom. The highest BCUT2D eigenvalue weighted by molar-refractivity contribution is 5.80. The van der Waals surface area contributed by atoms with Crippen molar-refractivity contribution >= 4 is 5.91 Å². The second kappa shape index (κ2) is 9.67. The average Bonchev–Trinajstić information content (AvgIpc) is 2.59. The molecule has 0 aromatic heterocycles. The summed E-state index contributed by atoms with van der Waals surface area (Å²) in [5.41, 5.74) is 1.14. The summed E-state index contributed by atoms with van der Waals surface area (Å²) in [5, 5.41) is 3.00. The number of nitrogens with one attached hydrogen (secondary N) is 1. The molecule has 1 saturated heterocycles. The molecule has 0 saturated carbocycles. The third-order valence-corrected chi connectivity index (χ3v) is 4.61. The lowest BCUT2D eigenvalue weighted by Crippen LogP contribution is -2.38. The molecule has 0 aliphatic carbocycles. The topological polar surface area (TPSA) is 41.6 Å². The molecule has 1 aromatic rings. The summed E-state index contributed by atoms with van der Waals surface area (Å²) in [4.78, 5) is 14.7. The summed E-state index contributed by atoms with van der Waals surface area (Å²) in [6.07, 6.45) is 4.51. The van der Waals surface area contributed by atoms with E-state index in [1.165, 1.54) is 32.4 Å². The van der Waals surface area contributed by atoms with Crippen molar-refractivity contribution in [2.45, 2.75) is 58.5 Å². The van der Waals surface area contributed by atoms with Gasteiger partial charge in [-0.05, 0) is 63.4 Å². The smallest absolute Gasteiger partial charge is 0.260 e. The van der Waals surface area contributed by atoms with Crippen LogP contribution in [0.4, 0.5) is 0 Å². The van der Waals surface area contributed by atoms with Crippen LogP contribution >= 0.6 is 0 Å². The molecule has 1 aliphatic rings. The van der Waals surface area contributed by atoms with Gasteiger partial charge in [-0.25, -0.2) is 0 Å². The van der Waals surface area contributed by atoms with Crippen molar-refractivity contribution in [2.24, 2.45) is 0 Å². The van der Waals surface area contributed by atoms with Crippen molar-refractivity contribution < 1.29 is 9.53 Å². The van der Waals surface area contributed by atoms with Crippen molar-refractivity contribution in [3.8, 4) is 5.75 Å². The summed E-state index contributed by atoms with van der Waals surface area (Å²) in [6, 6.07) is 7.96. The lowest BCUT2D eigenvalue weighted by molar-refractivity contribution is -0.127. The number of ether oxygens (including phenoxy) is 1. The number of likely N-dealkylation sites (tertiary alicyclic amines) is 1. The number of nitrogens with zero attached hydrogens (tertiary/aromatic N) is 1. The number of hydrogen-bond donors (Lipinski definition) is 1. The second-order valence-corrected chi connectivity index (χ2v) is 7.00. The van der Waals surface area contributed by atoms with Crippen LogP contribution < -0.4 is 10.1 Å². The van der Waals surface area contributed by atoms with E-state index in [1.807, 2.05) is 25.1 Å². The van der Waals surface area contributed by atoms with Gasteiger partial charge in [0.15, 0.2) is 6.10 Å². The molecule has 4 nitrogen and oxygen atoms in total. The van der Waals surface area contributed by atoms with E-state index in [2.05, 4.69) is 30.1 Å². The largest absolute Gasteiger partial charge is 0.481 e. The van der Waals surface area contributed by atoms with Gasteiger partial charge in [-0.15, -0.1) is 0 Å². The van der Waals surface area contributed by atoms with Gasteiger partial charge in [0.25, 0.3) is 5.91 Å². The molecule has 0 bridgehead atoms. The number of carbonyl (C=O) groups excluding carboxylic acids is 1. The number of carbonyl (C=O) groups is 1. The molecule has 1 aromatic carbocycles. The van der Waals surface area contributed by atoms with Gasteiger partial charge in [0.1, 0.15) is 5.75 Å². The maximum Gasteiger partial charge on any atom is 0.260 e. The monoisotopic (exact) mass is 332 g/mol. The van der Waals surface area contributed by atoms with Gasteiger partial charge in [-0.2, -0.15) is 0 Å². The molecule has 1 atom stereocenters. The Morgan fingerprint density at radius 2 is 1.88 bits per heavy atom. The predicted molar refractivity (Wildman–Crippen MR) is 98.5 cm³/mol. The van der Waals surface area contributed by atoms with E-state index in [9.17, 15) is 4.79 Å². The standard InChI is InChI=1S/C20H32N2O2/c1-16(2)18-10-5-6-11-19(18)24-17(3)20(23)21-12-9-15-22-13-7-4-8-14-22/h5-6,10-11,16-17H,4,7-9,12-15H2,1-3H3,(H,21,23)/t17-/m0/s1. The van der Waals surface area contributed by atoms with Gasteiger partial charge in [-0.1, -0.05) is 38.5 Å². The maximum absolute atomic E-state index is 12.2. The molecule has 24 heavy (non-hydrogen) atoms. The fraction of sp³-hybridized carbons (Fsp3) is 0.650. The summed E-state index contributed by atoms with van der Waals surface area (Å²) in [5.74, 6) is 1.15. The Morgan fingerprint density at radius 3 is 2.58 bits per heavy atom. The van der Waals surface area contributed by atoms with Crippen LogP contribution in [0.5, 0.6) is 5.75 Å². The zero-order valence-electron chi connectivity index (χ0n) is 15.4. The summed E-state index contributed by atoms with van der Waals surface area (Å²) in [6.45, 7) is 10.3. The zero-order valence-corrected chi connectivity index (χ0v) is 15.4. The minimum Gasteiger partial charge on any atom is -0.481 e. The number of rotatable bonds is 8. The van der Waals surface area contributed by atoms with Crippen LogP contribution in [0, 0.1) is 0 Å². The van der Waals surface area contributed by atoms with Crippen molar-refractivity contribution in [1.29, 1.82) is 0 Å². The number of piperidine rings is 1. The molecule has 1 aliphatic heterocycles. The number of amides is 1. The molecule has 0 spiro atoms. The van der Waals surface area contributed by atoms with Crippen LogP contribution in [0.3, 0.4) is 0 Å². The first kappa shape index (κ1) is 18.8. The van der Waals surface area contributed by atoms with Crippen LogP contribution in [0.2, 0.25) is 0 Å². The molecular formula is C20H32N2O2. The van der Waals surface area contributed by atoms with Crippen molar-refractivity contribution in [3.05, 3.63) is 29.8 Å². The quantitative estimate of drug-likeness (QED) is 0.740. The molecule has 1 amide bonds. The van der Waals surface area contributed by atoms with Crippen LogP contribution in [0.1, 0.15) is 57.9 Å². The molecule has 1 fully saturated rings. The van der Waals surface area contributed by atoms with Crippen molar-refractivity contribution in [1.82, 2.24) is 10.2 Å². The van der Waals surface area contributed by atoms with E-state index >= 15 is 0 Å². The Bertz CT molecular complexity index is 510. The predicted octanol–water partition coefficient (Wildman–Crippen LogP) is 3.57. The van der Waals surface area contributed by atoms with Gasteiger partial charge in [-0.3, -0.25) is 4.79 Å². The fourth-order valence-electron chi connectivity index (χ4n) is 3.15. The number of para-hydroxylation sites is 1. The number of benzene rings is 1. The van der Waals surface area contributed by atoms with Gasteiger partial charge >= 0.3 is 0 Å². The Balaban J connectivity index is 1.72. The van der Waals surface area contributed by atoms with E-state index in [0.29, 0.717) is 5.92 Å². The van der Waals surface area contributed by atoms with E-state index in [4.69, 9.17) is 4.74 Å². The lowest BCUT2D eigenvalue weighted by Gasteiger charge is -2.26. The fourth-order valence-corrected chi connectivity index (χ4v) is 3.15. The second-order valence-electron chi connectivity index (χ2n) is 7.00. The van der Waals surface area contributed by atoms with Gasteiger partial charge in [0, 0.05) is 6.54 Å².